The smallest absolute Gasteiger partial charge is 0.276 e. The van der Waals surface area contributed by atoms with Crippen molar-refractivity contribution in [2.75, 3.05) is 26.3 Å². The summed E-state index contributed by atoms with van der Waals surface area (Å²) in [6, 6.07) is 1.96. The van der Waals surface area contributed by atoms with Gasteiger partial charge in [-0.05, 0) is 31.7 Å². The minimum absolute atomic E-state index is 0.122. The second-order valence-corrected chi connectivity index (χ2v) is 8.51. The van der Waals surface area contributed by atoms with Crippen molar-refractivity contribution in [2.24, 2.45) is 5.92 Å². The molecule has 158 valence electrons. The molecule has 1 N–H and O–H groups in total. The number of likely N-dealkylation sites (tertiary alicyclic amines) is 1. The fraction of sp³-hybridized carbons (Fsp3) is 0.571. The third-order valence-electron chi connectivity index (χ3n) is 6.29. The summed E-state index contributed by atoms with van der Waals surface area (Å²) in [4.78, 5) is 31.4. The van der Waals surface area contributed by atoms with Crippen molar-refractivity contribution in [1.29, 1.82) is 0 Å². The molecule has 2 aliphatic heterocycles. The highest BCUT2D eigenvalue weighted by Crippen LogP contribution is 2.31. The molecule has 0 aliphatic carbocycles. The molecule has 3 aromatic heterocycles. The SMILES string of the molecule is Cc1nccc(CN2CC(C)C(c3nn4c(C5CCOCC5)ncc4c(=O)[nH]3)C2)n1. The Bertz CT molecular complexity index is 1100. The maximum absolute atomic E-state index is 12.8. The average molecular weight is 409 g/mol. The van der Waals surface area contributed by atoms with Crippen molar-refractivity contribution in [3.8, 4) is 0 Å². The van der Waals surface area contributed by atoms with Crippen molar-refractivity contribution < 1.29 is 4.74 Å². The Kier molecular flexibility index (Phi) is 5.08. The Morgan fingerprint density at radius 2 is 2.07 bits per heavy atom. The lowest BCUT2D eigenvalue weighted by Gasteiger charge is -2.21. The summed E-state index contributed by atoms with van der Waals surface area (Å²) >= 11 is 0. The van der Waals surface area contributed by atoms with Crippen molar-refractivity contribution in [1.82, 2.24) is 34.4 Å². The molecular weight excluding hydrogens is 382 g/mol. The van der Waals surface area contributed by atoms with E-state index in [-0.39, 0.29) is 17.4 Å². The highest BCUT2D eigenvalue weighted by atomic mass is 16.5. The van der Waals surface area contributed by atoms with Crippen LogP contribution in [0.15, 0.2) is 23.3 Å². The van der Waals surface area contributed by atoms with Crippen LogP contribution in [0.1, 0.15) is 54.8 Å². The van der Waals surface area contributed by atoms with Gasteiger partial charge in [-0.15, -0.1) is 0 Å². The minimum atomic E-state index is -0.122. The Labute approximate surface area is 174 Å². The van der Waals surface area contributed by atoms with Gasteiger partial charge in [0.05, 0.1) is 11.9 Å². The van der Waals surface area contributed by atoms with E-state index in [0.29, 0.717) is 11.4 Å². The van der Waals surface area contributed by atoms with E-state index in [1.807, 2.05) is 13.0 Å². The zero-order valence-electron chi connectivity index (χ0n) is 17.4. The summed E-state index contributed by atoms with van der Waals surface area (Å²) in [5, 5.41) is 4.86. The lowest BCUT2D eigenvalue weighted by molar-refractivity contribution is 0.0832. The summed E-state index contributed by atoms with van der Waals surface area (Å²) in [6.07, 6.45) is 5.27. The zero-order valence-corrected chi connectivity index (χ0v) is 17.4. The third kappa shape index (κ3) is 3.63. The molecule has 3 aromatic rings. The number of nitrogens with one attached hydrogen (secondary N) is 1. The van der Waals surface area contributed by atoms with Crippen LogP contribution in [0, 0.1) is 12.8 Å². The number of ether oxygens (including phenoxy) is 1. The van der Waals surface area contributed by atoms with Crippen LogP contribution in [-0.2, 0) is 11.3 Å². The number of rotatable bonds is 4. The maximum atomic E-state index is 12.8. The lowest BCUT2D eigenvalue weighted by Crippen LogP contribution is -2.24. The number of aromatic amines is 1. The van der Waals surface area contributed by atoms with E-state index in [2.05, 4.69) is 31.8 Å². The highest BCUT2D eigenvalue weighted by Gasteiger charge is 2.33. The topological polar surface area (TPSA) is 101 Å². The number of hydrogen-bond acceptors (Lipinski definition) is 7. The molecule has 2 atom stereocenters. The fourth-order valence-corrected chi connectivity index (χ4v) is 4.71. The van der Waals surface area contributed by atoms with Gasteiger partial charge in [0, 0.05) is 50.9 Å². The van der Waals surface area contributed by atoms with E-state index in [4.69, 9.17) is 9.84 Å². The molecule has 0 saturated carbocycles. The van der Waals surface area contributed by atoms with Crippen molar-refractivity contribution >= 4 is 5.52 Å². The molecule has 5 rings (SSSR count). The van der Waals surface area contributed by atoms with Gasteiger partial charge in [-0.1, -0.05) is 6.92 Å². The van der Waals surface area contributed by atoms with Crippen LogP contribution in [0.4, 0.5) is 0 Å². The zero-order chi connectivity index (χ0) is 20.7. The van der Waals surface area contributed by atoms with Crippen LogP contribution < -0.4 is 5.56 Å². The summed E-state index contributed by atoms with van der Waals surface area (Å²) in [5.41, 5.74) is 1.41. The van der Waals surface area contributed by atoms with E-state index in [0.717, 1.165) is 68.9 Å². The van der Waals surface area contributed by atoms with Gasteiger partial charge >= 0.3 is 0 Å². The monoisotopic (exact) mass is 409 g/mol. The van der Waals surface area contributed by atoms with Gasteiger partial charge in [0.25, 0.3) is 5.56 Å². The van der Waals surface area contributed by atoms with Gasteiger partial charge in [0.15, 0.2) is 5.52 Å². The molecular formula is C21H27N7O2. The molecule has 5 heterocycles. The predicted molar refractivity (Wildman–Crippen MR) is 110 cm³/mol. The molecule has 0 bridgehead atoms. The molecule has 9 nitrogen and oxygen atoms in total. The van der Waals surface area contributed by atoms with Gasteiger partial charge in [0.1, 0.15) is 17.5 Å². The fourth-order valence-electron chi connectivity index (χ4n) is 4.71. The molecule has 0 spiro atoms. The Morgan fingerprint density at radius 3 is 2.87 bits per heavy atom. The normalized spacial score (nSPS) is 23.4. The minimum Gasteiger partial charge on any atom is -0.381 e. The van der Waals surface area contributed by atoms with E-state index in [9.17, 15) is 4.79 Å². The molecule has 9 heteroatoms. The van der Waals surface area contributed by atoms with Crippen molar-refractivity contribution in [2.45, 2.75) is 45.1 Å². The quantitative estimate of drug-likeness (QED) is 0.699. The number of H-pyrrole nitrogens is 1. The number of aryl methyl sites for hydroxylation is 1. The molecule has 30 heavy (non-hydrogen) atoms. The molecule has 2 fully saturated rings. The first-order valence-corrected chi connectivity index (χ1v) is 10.6. The van der Waals surface area contributed by atoms with E-state index in [1.54, 1.807) is 16.9 Å². The van der Waals surface area contributed by atoms with Crippen LogP contribution >= 0.6 is 0 Å². The standard InChI is InChI=1S/C21H27N7O2/c1-13-10-27(11-16-3-6-22-14(2)24-16)12-17(13)19-25-21(29)18-9-23-20(28(18)26-19)15-4-7-30-8-5-15/h3,6,9,13,15,17H,4-5,7-8,10-12H2,1-2H3,(H,25,26,29). The largest absolute Gasteiger partial charge is 0.381 e. The van der Waals surface area contributed by atoms with Crippen LogP contribution in [0.2, 0.25) is 0 Å². The number of aromatic nitrogens is 6. The van der Waals surface area contributed by atoms with Gasteiger partial charge in [0.2, 0.25) is 0 Å². The van der Waals surface area contributed by atoms with Gasteiger partial charge in [-0.2, -0.15) is 5.10 Å². The number of nitrogens with zero attached hydrogens (tertiary/aromatic N) is 6. The van der Waals surface area contributed by atoms with Crippen molar-refractivity contribution in [3.05, 3.63) is 52.0 Å². The number of imidazole rings is 1. The van der Waals surface area contributed by atoms with Gasteiger partial charge in [-0.25, -0.2) is 19.5 Å². The Balaban J connectivity index is 1.42. The van der Waals surface area contributed by atoms with Crippen LogP contribution in [0.3, 0.4) is 0 Å². The molecule has 0 amide bonds. The maximum Gasteiger partial charge on any atom is 0.276 e. The van der Waals surface area contributed by atoms with Crippen LogP contribution in [0.25, 0.3) is 5.52 Å². The lowest BCUT2D eigenvalue weighted by atomic mass is 9.97. The first kappa shape index (κ1) is 19.3. The molecule has 0 radical (unpaired) electrons. The molecule has 2 saturated heterocycles. The molecule has 2 unspecified atom stereocenters. The summed E-state index contributed by atoms with van der Waals surface area (Å²) in [7, 11) is 0. The van der Waals surface area contributed by atoms with Crippen molar-refractivity contribution in [3.63, 3.8) is 0 Å². The Morgan fingerprint density at radius 1 is 1.23 bits per heavy atom. The second-order valence-electron chi connectivity index (χ2n) is 8.51. The molecule has 2 aliphatic rings. The average Bonchev–Trinajstić information content (AvgIpc) is 3.32. The van der Waals surface area contributed by atoms with Crippen LogP contribution in [0.5, 0.6) is 0 Å². The predicted octanol–water partition coefficient (Wildman–Crippen LogP) is 1.65. The van der Waals surface area contributed by atoms with Gasteiger partial charge in [-0.3, -0.25) is 9.69 Å². The third-order valence-corrected chi connectivity index (χ3v) is 6.29. The molecule has 0 aromatic carbocycles. The summed E-state index contributed by atoms with van der Waals surface area (Å²) < 4.78 is 7.25. The van der Waals surface area contributed by atoms with E-state index >= 15 is 0 Å². The second kappa shape index (κ2) is 7.88. The van der Waals surface area contributed by atoms with Crippen LogP contribution in [-0.4, -0.2) is 60.8 Å². The summed E-state index contributed by atoms with van der Waals surface area (Å²) in [5.74, 6) is 3.22. The van der Waals surface area contributed by atoms with E-state index < -0.39 is 0 Å². The number of hydrogen-bond donors (Lipinski definition) is 1. The van der Waals surface area contributed by atoms with E-state index in [1.165, 1.54) is 0 Å². The first-order valence-electron chi connectivity index (χ1n) is 10.6. The van der Waals surface area contributed by atoms with Gasteiger partial charge < -0.3 is 9.72 Å². The Hall–Kier alpha value is -2.65. The number of fused-ring (bicyclic) bond motifs is 1. The highest BCUT2D eigenvalue weighted by molar-refractivity contribution is 5.42. The summed E-state index contributed by atoms with van der Waals surface area (Å²) in [6.45, 7) is 8.12. The first-order chi connectivity index (χ1) is 14.6.